The Kier molecular flexibility index (Phi) is 5.49. The number of rotatable bonds is 5. The van der Waals surface area contributed by atoms with Crippen molar-refractivity contribution in [1.29, 1.82) is 0 Å². The van der Waals surface area contributed by atoms with Crippen molar-refractivity contribution in [1.82, 2.24) is 0 Å². The van der Waals surface area contributed by atoms with Gasteiger partial charge in [-0.2, -0.15) is 0 Å². The Balaban J connectivity index is 2.59. The standard InChI is InChI=1S/C14H15ClN2O6/c15-8-13(18)23-14-11(9-4-2-1-3-5-9)6-10(16(19)20)7-12(14)17(21)22/h6-7,9H,1-5,8H2. The van der Waals surface area contributed by atoms with Crippen LogP contribution in [-0.2, 0) is 4.79 Å². The number of carbonyl (C=O) groups excluding carboxylic acids is 1. The van der Waals surface area contributed by atoms with Crippen LogP contribution in [0.3, 0.4) is 0 Å². The monoisotopic (exact) mass is 342 g/mol. The fourth-order valence-electron chi connectivity index (χ4n) is 2.83. The quantitative estimate of drug-likeness (QED) is 0.265. The summed E-state index contributed by atoms with van der Waals surface area (Å²) in [5, 5.41) is 22.3. The molecule has 1 aromatic carbocycles. The van der Waals surface area contributed by atoms with Gasteiger partial charge in [-0.25, -0.2) is 0 Å². The van der Waals surface area contributed by atoms with Gasteiger partial charge in [-0.1, -0.05) is 19.3 Å². The molecule has 0 atom stereocenters. The number of alkyl halides is 1. The molecule has 8 nitrogen and oxygen atoms in total. The van der Waals surface area contributed by atoms with Crippen LogP contribution in [0.2, 0.25) is 0 Å². The molecule has 1 aromatic rings. The first-order chi connectivity index (χ1) is 10.9. The Hall–Kier alpha value is -2.22. The predicted octanol–water partition coefficient (Wildman–Crippen LogP) is 3.69. The molecule has 1 fully saturated rings. The molecule has 0 aromatic heterocycles. The minimum absolute atomic E-state index is 0.111. The third kappa shape index (κ3) is 3.95. The molecule has 9 heteroatoms. The number of esters is 1. The fraction of sp³-hybridized carbons (Fsp3) is 0.500. The lowest BCUT2D eigenvalue weighted by Gasteiger charge is -2.23. The molecule has 0 radical (unpaired) electrons. The number of nitro benzene ring substituents is 2. The zero-order valence-electron chi connectivity index (χ0n) is 12.2. The van der Waals surface area contributed by atoms with E-state index in [1.54, 1.807) is 0 Å². The summed E-state index contributed by atoms with van der Waals surface area (Å²) in [7, 11) is 0. The number of hydrogen-bond acceptors (Lipinski definition) is 6. The molecule has 0 spiro atoms. The highest BCUT2D eigenvalue weighted by Crippen LogP contribution is 2.44. The zero-order valence-corrected chi connectivity index (χ0v) is 13.0. The number of hydrogen-bond donors (Lipinski definition) is 0. The first kappa shape index (κ1) is 17.1. The van der Waals surface area contributed by atoms with Crippen molar-refractivity contribution in [3.8, 4) is 5.75 Å². The van der Waals surface area contributed by atoms with Crippen LogP contribution in [0.15, 0.2) is 12.1 Å². The molecule has 0 N–H and O–H groups in total. The first-order valence-electron chi connectivity index (χ1n) is 7.17. The highest BCUT2D eigenvalue weighted by atomic mass is 35.5. The van der Waals surface area contributed by atoms with E-state index in [4.69, 9.17) is 16.3 Å². The van der Waals surface area contributed by atoms with E-state index < -0.39 is 27.4 Å². The van der Waals surface area contributed by atoms with E-state index in [0.29, 0.717) is 5.56 Å². The fourth-order valence-corrected chi connectivity index (χ4v) is 2.88. The Labute approximate surface area is 136 Å². The zero-order chi connectivity index (χ0) is 17.0. The second-order valence-electron chi connectivity index (χ2n) is 5.34. The van der Waals surface area contributed by atoms with E-state index in [1.165, 1.54) is 6.07 Å². The molecule has 124 valence electrons. The minimum atomic E-state index is -0.833. The molecule has 2 rings (SSSR count). The van der Waals surface area contributed by atoms with Gasteiger partial charge in [-0.05, 0) is 18.8 Å². The van der Waals surface area contributed by atoms with Gasteiger partial charge in [0, 0.05) is 11.6 Å². The highest BCUT2D eigenvalue weighted by Gasteiger charge is 2.31. The maximum Gasteiger partial charge on any atom is 0.326 e. The Bertz CT molecular complexity index is 642. The Morgan fingerprint density at radius 2 is 1.83 bits per heavy atom. The van der Waals surface area contributed by atoms with Gasteiger partial charge in [0.05, 0.1) is 15.9 Å². The number of nitro groups is 2. The summed E-state index contributed by atoms with van der Waals surface area (Å²) in [6.45, 7) is 0. The maximum atomic E-state index is 11.5. The topological polar surface area (TPSA) is 113 Å². The predicted molar refractivity (Wildman–Crippen MR) is 81.9 cm³/mol. The van der Waals surface area contributed by atoms with Crippen molar-refractivity contribution in [2.75, 3.05) is 5.88 Å². The van der Waals surface area contributed by atoms with Gasteiger partial charge in [0.2, 0.25) is 5.75 Å². The molecule has 0 unspecified atom stereocenters. The SMILES string of the molecule is O=C(CCl)Oc1c(C2CCCCC2)cc([N+](=O)[O-])cc1[N+](=O)[O-]. The molecule has 0 aliphatic heterocycles. The van der Waals surface area contributed by atoms with E-state index in [9.17, 15) is 25.0 Å². The van der Waals surface area contributed by atoms with E-state index in [-0.39, 0.29) is 17.4 Å². The van der Waals surface area contributed by atoms with Gasteiger partial charge in [0.1, 0.15) is 5.88 Å². The summed E-state index contributed by atoms with van der Waals surface area (Å²) >= 11 is 5.40. The lowest BCUT2D eigenvalue weighted by Crippen LogP contribution is -2.15. The van der Waals surface area contributed by atoms with Gasteiger partial charge in [-0.3, -0.25) is 25.0 Å². The van der Waals surface area contributed by atoms with Gasteiger partial charge in [0.25, 0.3) is 5.69 Å². The lowest BCUT2D eigenvalue weighted by atomic mass is 9.83. The second kappa shape index (κ2) is 7.36. The third-order valence-corrected chi connectivity index (χ3v) is 4.08. The summed E-state index contributed by atoms with van der Waals surface area (Å²) in [4.78, 5) is 32.3. The van der Waals surface area contributed by atoms with Crippen molar-refractivity contribution in [2.45, 2.75) is 38.0 Å². The van der Waals surface area contributed by atoms with Gasteiger partial charge >= 0.3 is 11.7 Å². The van der Waals surface area contributed by atoms with E-state index in [2.05, 4.69) is 0 Å². The molecule has 1 aliphatic rings. The number of non-ortho nitro benzene ring substituents is 1. The van der Waals surface area contributed by atoms with Gasteiger partial charge in [0.15, 0.2) is 0 Å². The largest absolute Gasteiger partial charge is 0.418 e. The Morgan fingerprint density at radius 3 is 2.35 bits per heavy atom. The van der Waals surface area contributed by atoms with Crippen molar-refractivity contribution < 1.29 is 19.4 Å². The summed E-state index contributed by atoms with van der Waals surface area (Å²) in [5.74, 6) is -1.63. The van der Waals surface area contributed by atoms with Gasteiger partial charge < -0.3 is 4.74 Å². The van der Waals surface area contributed by atoms with Crippen LogP contribution in [-0.4, -0.2) is 21.7 Å². The van der Waals surface area contributed by atoms with E-state index in [0.717, 1.165) is 38.2 Å². The van der Waals surface area contributed by atoms with Crippen molar-refractivity contribution in [3.05, 3.63) is 37.9 Å². The van der Waals surface area contributed by atoms with Crippen molar-refractivity contribution in [3.63, 3.8) is 0 Å². The van der Waals surface area contributed by atoms with Crippen LogP contribution in [0.4, 0.5) is 11.4 Å². The average molecular weight is 343 g/mol. The van der Waals surface area contributed by atoms with E-state index in [1.807, 2.05) is 0 Å². The summed E-state index contributed by atoms with van der Waals surface area (Å²) in [6.07, 6.45) is 4.37. The number of carbonyl (C=O) groups is 1. The smallest absolute Gasteiger partial charge is 0.326 e. The number of nitrogens with zero attached hydrogens (tertiary/aromatic N) is 2. The average Bonchev–Trinajstić information content (AvgIpc) is 2.55. The van der Waals surface area contributed by atoms with Crippen LogP contribution < -0.4 is 4.74 Å². The molecule has 0 bridgehead atoms. The molecular formula is C14H15ClN2O6. The first-order valence-corrected chi connectivity index (χ1v) is 7.71. The summed E-state index contributed by atoms with van der Waals surface area (Å²) in [5.41, 5.74) is -0.634. The van der Waals surface area contributed by atoms with Crippen LogP contribution >= 0.6 is 11.6 Å². The maximum absolute atomic E-state index is 11.5. The van der Waals surface area contributed by atoms with Crippen molar-refractivity contribution >= 4 is 28.9 Å². The van der Waals surface area contributed by atoms with E-state index >= 15 is 0 Å². The summed E-state index contributed by atoms with van der Waals surface area (Å²) in [6, 6.07) is 2.07. The highest BCUT2D eigenvalue weighted by molar-refractivity contribution is 6.26. The molecule has 0 heterocycles. The molecule has 1 saturated carbocycles. The molecule has 0 amide bonds. The normalized spacial score (nSPS) is 15.2. The molecular weight excluding hydrogens is 328 g/mol. The molecule has 23 heavy (non-hydrogen) atoms. The van der Waals surface area contributed by atoms with Crippen LogP contribution in [0.5, 0.6) is 5.75 Å². The van der Waals surface area contributed by atoms with Crippen LogP contribution in [0.1, 0.15) is 43.6 Å². The second-order valence-corrected chi connectivity index (χ2v) is 5.61. The lowest BCUT2D eigenvalue weighted by molar-refractivity contribution is -0.394. The van der Waals surface area contributed by atoms with Crippen molar-refractivity contribution in [2.24, 2.45) is 0 Å². The van der Waals surface area contributed by atoms with Gasteiger partial charge in [-0.15, -0.1) is 11.6 Å². The van der Waals surface area contributed by atoms with Crippen LogP contribution in [0, 0.1) is 20.2 Å². The molecule has 0 saturated heterocycles. The Morgan fingerprint density at radius 1 is 1.17 bits per heavy atom. The number of benzene rings is 1. The minimum Gasteiger partial charge on any atom is -0.418 e. The number of ether oxygens (including phenoxy) is 1. The molecule has 1 aliphatic carbocycles. The van der Waals surface area contributed by atoms with Crippen LogP contribution in [0.25, 0.3) is 0 Å². The summed E-state index contributed by atoms with van der Waals surface area (Å²) < 4.78 is 5.04. The number of halogens is 1. The third-order valence-electron chi connectivity index (χ3n) is 3.86.